The van der Waals surface area contributed by atoms with Crippen LogP contribution in [-0.4, -0.2) is 47.9 Å². The molecule has 0 atom stereocenters. The fourth-order valence-electron chi connectivity index (χ4n) is 2.99. The molecule has 2 aromatic rings. The van der Waals surface area contributed by atoms with Crippen LogP contribution < -0.4 is 9.47 Å². The van der Waals surface area contributed by atoms with Crippen molar-refractivity contribution >= 4 is 17.0 Å². The summed E-state index contributed by atoms with van der Waals surface area (Å²) >= 11 is 0. The summed E-state index contributed by atoms with van der Waals surface area (Å²) in [5.41, 5.74) is 0.370. The van der Waals surface area contributed by atoms with E-state index in [2.05, 4.69) is 4.98 Å². The third-order valence-corrected chi connectivity index (χ3v) is 4.30. The van der Waals surface area contributed by atoms with Crippen LogP contribution in [0.2, 0.25) is 0 Å². The standard InChI is InChI=1S/C20H26N2O4/c1-20(2,3)26-19(23)22-11-8-14(9-12-22)25-18-7-10-21-17-13-15(24-4)5-6-16(17)18/h5-7,10,13-14H,8-9,11-12H2,1-4H3. The molecule has 0 N–H and O–H groups in total. The normalized spacial score (nSPS) is 15.8. The summed E-state index contributed by atoms with van der Waals surface area (Å²) in [4.78, 5) is 18.3. The minimum Gasteiger partial charge on any atom is -0.497 e. The van der Waals surface area contributed by atoms with Gasteiger partial charge in [0.2, 0.25) is 0 Å². The molecule has 0 aliphatic carbocycles. The van der Waals surface area contributed by atoms with E-state index in [9.17, 15) is 4.79 Å². The molecule has 0 bridgehead atoms. The van der Waals surface area contributed by atoms with E-state index >= 15 is 0 Å². The number of likely N-dealkylation sites (tertiary alicyclic amines) is 1. The van der Waals surface area contributed by atoms with E-state index in [0.717, 1.165) is 35.2 Å². The number of aromatic nitrogens is 1. The van der Waals surface area contributed by atoms with Gasteiger partial charge in [0, 0.05) is 43.6 Å². The number of carbonyl (C=O) groups excluding carboxylic acids is 1. The fourth-order valence-corrected chi connectivity index (χ4v) is 2.99. The second-order valence-electron chi connectivity index (χ2n) is 7.48. The third kappa shape index (κ3) is 4.36. The Bertz CT molecular complexity index is 777. The van der Waals surface area contributed by atoms with Crippen LogP contribution in [0.3, 0.4) is 0 Å². The van der Waals surface area contributed by atoms with Crippen molar-refractivity contribution in [1.82, 2.24) is 9.88 Å². The highest BCUT2D eigenvalue weighted by atomic mass is 16.6. The number of rotatable bonds is 3. The number of piperidine rings is 1. The number of hydrogen-bond acceptors (Lipinski definition) is 5. The molecule has 0 radical (unpaired) electrons. The summed E-state index contributed by atoms with van der Waals surface area (Å²) in [6.07, 6.45) is 3.12. The van der Waals surface area contributed by atoms with Gasteiger partial charge in [-0.1, -0.05) is 0 Å². The number of amides is 1. The number of hydrogen-bond donors (Lipinski definition) is 0. The van der Waals surface area contributed by atoms with Crippen LogP contribution in [0.4, 0.5) is 4.79 Å². The Morgan fingerprint density at radius 1 is 1.19 bits per heavy atom. The quantitative estimate of drug-likeness (QED) is 0.829. The van der Waals surface area contributed by atoms with Crippen LogP contribution in [0.25, 0.3) is 10.9 Å². The maximum absolute atomic E-state index is 12.2. The van der Waals surface area contributed by atoms with Gasteiger partial charge in [0.25, 0.3) is 0 Å². The number of fused-ring (bicyclic) bond motifs is 1. The average molecular weight is 358 g/mol. The SMILES string of the molecule is COc1ccc2c(OC3CCN(C(=O)OC(C)(C)C)CC3)ccnc2c1. The van der Waals surface area contributed by atoms with Crippen molar-refractivity contribution in [3.8, 4) is 11.5 Å². The van der Waals surface area contributed by atoms with E-state index in [1.165, 1.54) is 0 Å². The maximum atomic E-state index is 12.2. The van der Waals surface area contributed by atoms with Gasteiger partial charge in [-0.3, -0.25) is 4.98 Å². The predicted octanol–water partition coefficient (Wildman–Crippen LogP) is 4.02. The van der Waals surface area contributed by atoms with Crippen molar-refractivity contribution in [2.45, 2.75) is 45.3 Å². The molecular weight excluding hydrogens is 332 g/mol. The van der Waals surface area contributed by atoms with Gasteiger partial charge < -0.3 is 19.1 Å². The first-order valence-corrected chi connectivity index (χ1v) is 8.93. The van der Waals surface area contributed by atoms with E-state index in [-0.39, 0.29) is 12.2 Å². The minimum absolute atomic E-state index is 0.0707. The lowest BCUT2D eigenvalue weighted by Gasteiger charge is -2.33. The Hall–Kier alpha value is -2.50. The number of carbonyl (C=O) groups is 1. The molecule has 26 heavy (non-hydrogen) atoms. The molecule has 1 aromatic heterocycles. The lowest BCUT2D eigenvalue weighted by molar-refractivity contribution is 0.0128. The highest BCUT2D eigenvalue weighted by Crippen LogP contribution is 2.29. The lowest BCUT2D eigenvalue weighted by atomic mass is 10.1. The van der Waals surface area contributed by atoms with Crippen LogP contribution >= 0.6 is 0 Å². The smallest absolute Gasteiger partial charge is 0.410 e. The molecule has 1 saturated heterocycles. The molecule has 3 rings (SSSR count). The summed E-state index contributed by atoms with van der Waals surface area (Å²) in [5.74, 6) is 1.58. The highest BCUT2D eigenvalue weighted by molar-refractivity contribution is 5.86. The van der Waals surface area contributed by atoms with Crippen LogP contribution in [0.5, 0.6) is 11.5 Å². The van der Waals surface area contributed by atoms with Crippen molar-refractivity contribution in [3.05, 3.63) is 30.5 Å². The average Bonchev–Trinajstić information content (AvgIpc) is 2.60. The van der Waals surface area contributed by atoms with Gasteiger partial charge in [0.15, 0.2) is 0 Å². The van der Waals surface area contributed by atoms with Crippen LogP contribution in [-0.2, 0) is 4.74 Å². The first kappa shape index (κ1) is 18.3. The Morgan fingerprint density at radius 2 is 1.92 bits per heavy atom. The van der Waals surface area contributed by atoms with Crippen molar-refractivity contribution in [1.29, 1.82) is 0 Å². The lowest BCUT2D eigenvalue weighted by Crippen LogP contribution is -2.44. The molecule has 0 saturated carbocycles. The zero-order valence-corrected chi connectivity index (χ0v) is 15.8. The van der Waals surface area contributed by atoms with Gasteiger partial charge in [0.05, 0.1) is 12.6 Å². The number of pyridine rings is 1. The van der Waals surface area contributed by atoms with Gasteiger partial charge in [0.1, 0.15) is 23.2 Å². The van der Waals surface area contributed by atoms with Crippen LogP contribution in [0, 0.1) is 0 Å². The molecule has 6 nitrogen and oxygen atoms in total. The van der Waals surface area contributed by atoms with Crippen molar-refractivity contribution in [2.24, 2.45) is 0 Å². The number of ether oxygens (including phenoxy) is 3. The Balaban J connectivity index is 1.63. The maximum Gasteiger partial charge on any atom is 0.410 e. The van der Waals surface area contributed by atoms with Gasteiger partial charge >= 0.3 is 6.09 Å². The topological polar surface area (TPSA) is 60.9 Å². The molecule has 1 aromatic carbocycles. The molecule has 1 amide bonds. The number of nitrogens with zero attached hydrogens (tertiary/aromatic N) is 2. The molecule has 1 aliphatic heterocycles. The summed E-state index contributed by atoms with van der Waals surface area (Å²) in [6.45, 7) is 6.91. The fraction of sp³-hybridized carbons (Fsp3) is 0.500. The zero-order chi connectivity index (χ0) is 18.7. The van der Waals surface area contributed by atoms with Gasteiger partial charge in [-0.05, 0) is 39.0 Å². The third-order valence-electron chi connectivity index (χ3n) is 4.30. The molecule has 140 valence electrons. The van der Waals surface area contributed by atoms with E-state index in [1.54, 1.807) is 18.2 Å². The van der Waals surface area contributed by atoms with Crippen LogP contribution in [0.1, 0.15) is 33.6 Å². The summed E-state index contributed by atoms with van der Waals surface area (Å²) in [7, 11) is 1.64. The van der Waals surface area contributed by atoms with Gasteiger partial charge in [-0.15, -0.1) is 0 Å². The molecule has 6 heteroatoms. The van der Waals surface area contributed by atoms with E-state index in [4.69, 9.17) is 14.2 Å². The summed E-state index contributed by atoms with van der Waals surface area (Å²) < 4.78 is 16.9. The second kappa shape index (κ2) is 7.40. The number of benzene rings is 1. The first-order valence-electron chi connectivity index (χ1n) is 8.93. The summed E-state index contributed by atoms with van der Waals surface area (Å²) in [5, 5.41) is 0.961. The Labute approximate surface area is 154 Å². The van der Waals surface area contributed by atoms with Crippen LogP contribution in [0.15, 0.2) is 30.5 Å². The Morgan fingerprint density at radius 3 is 2.58 bits per heavy atom. The largest absolute Gasteiger partial charge is 0.497 e. The number of methoxy groups -OCH3 is 1. The van der Waals surface area contributed by atoms with Crippen molar-refractivity contribution < 1.29 is 19.0 Å². The molecule has 2 heterocycles. The molecular formula is C20H26N2O4. The zero-order valence-electron chi connectivity index (χ0n) is 15.8. The molecule has 0 spiro atoms. The molecule has 0 unspecified atom stereocenters. The van der Waals surface area contributed by atoms with Gasteiger partial charge in [-0.2, -0.15) is 0 Å². The van der Waals surface area contributed by atoms with E-state index < -0.39 is 5.60 Å². The second-order valence-corrected chi connectivity index (χ2v) is 7.48. The highest BCUT2D eigenvalue weighted by Gasteiger charge is 2.27. The molecule has 1 aliphatic rings. The summed E-state index contributed by atoms with van der Waals surface area (Å²) in [6, 6.07) is 7.65. The predicted molar refractivity (Wildman–Crippen MR) is 99.8 cm³/mol. The van der Waals surface area contributed by atoms with Crippen molar-refractivity contribution in [3.63, 3.8) is 0 Å². The monoisotopic (exact) mass is 358 g/mol. The van der Waals surface area contributed by atoms with E-state index in [0.29, 0.717) is 13.1 Å². The Kier molecular flexibility index (Phi) is 5.20. The van der Waals surface area contributed by atoms with Crippen molar-refractivity contribution in [2.75, 3.05) is 20.2 Å². The van der Waals surface area contributed by atoms with E-state index in [1.807, 2.05) is 45.0 Å². The minimum atomic E-state index is -0.471. The first-order chi connectivity index (χ1) is 12.4. The van der Waals surface area contributed by atoms with Gasteiger partial charge in [-0.25, -0.2) is 4.79 Å². The molecule has 1 fully saturated rings.